The predicted molar refractivity (Wildman–Crippen MR) is 73.1 cm³/mol. The Morgan fingerprint density at radius 3 is 2.35 bits per heavy atom. The third-order valence-electron chi connectivity index (χ3n) is 2.58. The summed E-state index contributed by atoms with van der Waals surface area (Å²) in [5.41, 5.74) is 5.28. The maximum atomic E-state index is 13.3. The van der Waals surface area contributed by atoms with Gasteiger partial charge in [-0.2, -0.15) is 0 Å². The van der Waals surface area contributed by atoms with Crippen molar-refractivity contribution in [3.05, 3.63) is 48.0 Å². The van der Waals surface area contributed by atoms with E-state index in [2.05, 4.69) is 0 Å². The minimum absolute atomic E-state index is 0.0512. The molecule has 0 saturated heterocycles. The van der Waals surface area contributed by atoms with Gasteiger partial charge in [-0.05, 0) is 30.7 Å². The van der Waals surface area contributed by atoms with Gasteiger partial charge in [0.1, 0.15) is 23.0 Å². The highest BCUT2D eigenvalue weighted by molar-refractivity contribution is 5.55. The molecule has 2 aromatic rings. The van der Waals surface area contributed by atoms with Crippen molar-refractivity contribution in [2.75, 3.05) is 12.3 Å². The number of benzene rings is 2. The quantitative estimate of drug-likeness (QED) is 0.837. The van der Waals surface area contributed by atoms with Gasteiger partial charge >= 0.3 is 0 Å². The molecule has 0 aromatic heterocycles. The Morgan fingerprint density at radius 2 is 1.70 bits per heavy atom. The third-order valence-corrected chi connectivity index (χ3v) is 2.58. The molecule has 2 aromatic carbocycles. The van der Waals surface area contributed by atoms with Gasteiger partial charge in [0, 0.05) is 12.1 Å². The summed E-state index contributed by atoms with van der Waals surface area (Å²) in [7, 11) is 0. The summed E-state index contributed by atoms with van der Waals surface area (Å²) in [6.07, 6.45) is 0.914. The fourth-order valence-corrected chi connectivity index (χ4v) is 1.60. The van der Waals surface area contributed by atoms with E-state index in [9.17, 15) is 8.78 Å². The van der Waals surface area contributed by atoms with Crippen LogP contribution in [-0.2, 0) is 0 Å². The van der Waals surface area contributed by atoms with E-state index in [1.54, 1.807) is 24.3 Å². The van der Waals surface area contributed by atoms with Crippen LogP contribution in [0.25, 0.3) is 0 Å². The van der Waals surface area contributed by atoms with Crippen molar-refractivity contribution in [1.29, 1.82) is 0 Å². The van der Waals surface area contributed by atoms with Gasteiger partial charge < -0.3 is 15.2 Å². The summed E-state index contributed by atoms with van der Waals surface area (Å²) in [5.74, 6) is -0.509. The van der Waals surface area contributed by atoms with E-state index in [4.69, 9.17) is 15.2 Å². The Bertz CT molecular complexity index is 585. The Hall–Kier alpha value is -2.30. The topological polar surface area (TPSA) is 44.5 Å². The van der Waals surface area contributed by atoms with Crippen molar-refractivity contribution in [1.82, 2.24) is 0 Å². The first kappa shape index (κ1) is 14.1. The maximum Gasteiger partial charge on any atom is 0.156 e. The fraction of sp³-hybridized carbons (Fsp3) is 0.200. The first-order valence-electron chi connectivity index (χ1n) is 6.25. The molecule has 2 rings (SSSR count). The highest BCUT2D eigenvalue weighted by atomic mass is 19.1. The van der Waals surface area contributed by atoms with E-state index in [1.807, 2.05) is 6.92 Å². The summed E-state index contributed by atoms with van der Waals surface area (Å²) < 4.78 is 37.2. The van der Waals surface area contributed by atoms with E-state index in [0.717, 1.165) is 12.5 Å². The van der Waals surface area contributed by atoms with Crippen LogP contribution in [0.1, 0.15) is 13.3 Å². The van der Waals surface area contributed by atoms with Crippen LogP contribution in [0.15, 0.2) is 36.4 Å². The molecule has 0 heterocycles. The molecule has 2 N–H and O–H groups in total. The normalized spacial score (nSPS) is 10.3. The van der Waals surface area contributed by atoms with E-state index < -0.39 is 11.6 Å². The molecular formula is C15H15F2NO2. The van der Waals surface area contributed by atoms with Gasteiger partial charge in [-0.25, -0.2) is 8.78 Å². The maximum absolute atomic E-state index is 13.3. The minimum atomic E-state index is -0.845. The third kappa shape index (κ3) is 3.38. The van der Waals surface area contributed by atoms with Crippen molar-refractivity contribution < 1.29 is 18.3 Å². The molecule has 0 spiro atoms. The van der Waals surface area contributed by atoms with E-state index in [-0.39, 0.29) is 11.4 Å². The van der Waals surface area contributed by atoms with Crippen LogP contribution >= 0.6 is 0 Å². The van der Waals surface area contributed by atoms with E-state index >= 15 is 0 Å². The Balaban J connectivity index is 2.14. The lowest BCUT2D eigenvalue weighted by Gasteiger charge is -2.10. The summed E-state index contributed by atoms with van der Waals surface area (Å²) in [6.45, 7) is 2.64. The molecule has 106 valence electrons. The molecule has 0 amide bonds. The van der Waals surface area contributed by atoms with Crippen molar-refractivity contribution >= 4 is 5.69 Å². The lowest BCUT2D eigenvalue weighted by atomic mass is 10.2. The zero-order valence-corrected chi connectivity index (χ0v) is 11.0. The largest absolute Gasteiger partial charge is 0.494 e. The molecule has 0 bridgehead atoms. The van der Waals surface area contributed by atoms with Crippen molar-refractivity contribution in [2.45, 2.75) is 13.3 Å². The molecule has 0 unspecified atom stereocenters. The first-order chi connectivity index (χ1) is 9.60. The number of rotatable bonds is 5. The number of nitrogens with two attached hydrogens (primary N) is 1. The smallest absolute Gasteiger partial charge is 0.156 e. The molecule has 0 fully saturated rings. The van der Waals surface area contributed by atoms with Crippen LogP contribution in [-0.4, -0.2) is 6.61 Å². The van der Waals surface area contributed by atoms with Gasteiger partial charge in [-0.15, -0.1) is 0 Å². The number of hydrogen-bond acceptors (Lipinski definition) is 3. The summed E-state index contributed by atoms with van der Waals surface area (Å²) in [5, 5.41) is 0. The number of nitrogen functional groups attached to an aromatic ring is 1. The Kier molecular flexibility index (Phi) is 4.40. The van der Waals surface area contributed by atoms with Crippen LogP contribution in [0, 0.1) is 11.6 Å². The second kappa shape index (κ2) is 6.23. The molecule has 0 atom stereocenters. The lowest BCUT2D eigenvalue weighted by molar-refractivity contribution is 0.317. The molecule has 3 nitrogen and oxygen atoms in total. The number of halogens is 2. The average Bonchev–Trinajstić information content (AvgIpc) is 2.43. The van der Waals surface area contributed by atoms with Crippen molar-refractivity contribution in [3.8, 4) is 17.2 Å². The Labute approximate surface area is 115 Å². The number of anilines is 1. The predicted octanol–water partition coefficient (Wildman–Crippen LogP) is 4.13. The summed E-state index contributed by atoms with van der Waals surface area (Å²) in [4.78, 5) is 0. The van der Waals surface area contributed by atoms with Gasteiger partial charge in [-0.3, -0.25) is 0 Å². The van der Waals surface area contributed by atoms with Gasteiger partial charge in [0.15, 0.2) is 11.6 Å². The highest BCUT2D eigenvalue weighted by Gasteiger charge is 2.10. The number of hydrogen-bond donors (Lipinski definition) is 1. The van der Waals surface area contributed by atoms with Gasteiger partial charge in [-0.1, -0.05) is 6.92 Å². The van der Waals surface area contributed by atoms with Gasteiger partial charge in [0.25, 0.3) is 0 Å². The fourth-order valence-electron chi connectivity index (χ4n) is 1.60. The standard InChI is InChI=1S/C15H15F2NO2/c1-2-7-19-11-3-5-12(6-4-11)20-14-9-10(16)8-13(17)15(14)18/h3-6,8-9H,2,7,18H2,1H3. The van der Waals surface area contributed by atoms with Crippen LogP contribution in [0.3, 0.4) is 0 Å². The zero-order chi connectivity index (χ0) is 14.5. The molecule has 0 aliphatic rings. The van der Waals surface area contributed by atoms with Crippen molar-refractivity contribution in [3.63, 3.8) is 0 Å². The first-order valence-corrected chi connectivity index (χ1v) is 6.25. The zero-order valence-electron chi connectivity index (χ0n) is 11.0. The van der Waals surface area contributed by atoms with Crippen LogP contribution in [0.5, 0.6) is 17.2 Å². The molecule has 0 saturated carbocycles. The molecule has 5 heteroatoms. The second-order valence-electron chi connectivity index (χ2n) is 4.22. The molecule has 0 radical (unpaired) electrons. The lowest BCUT2D eigenvalue weighted by Crippen LogP contribution is -1.97. The SMILES string of the molecule is CCCOc1ccc(Oc2cc(F)cc(F)c2N)cc1. The van der Waals surface area contributed by atoms with Crippen LogP contribution < -0.4 is 15.2 Å². The minimum Gasteiger partial charge on any atom is -0.494 e. The Morgan fingerprint density at radius 1 is 1.05 bits per heavy atom. The second-order valence-corrected chi connectivity index (χ2v) is 4.22. The van der Waals surface area contributed by atoms with Crippen molar-refractivity contribution in [2.24, 2.45) is 0 Å². The van der Waals surface area contributed by atoms with Crippen LogP contribution in [0.4, 0.5) is 14.5 Å². The molecule has 0 aliphatic heterocycles. The molecule has 20 heavy (non-hydrogen) atoms. The molecular weight excluding hydrogens is 264 g/mol. The average molecular weight is 279 g/mol. The van der Waals surface area contributed by atoms with Crippen LogP contribution in [0.2, 0.25) is 0 Å². The summed E-state index contributed by atoms with van der Waals surface area (Å²) in [6, 6.07) is 8.48. The number of ether oxygens (including phenoxy) is 2. The monoisotopic (exact) mass is 279 g/mol. The summed E-state index contributed by atoms with van der Waals surface area (Å²) >= 11 is 0. The van der Waals surface area contributed by atoms with Gasteiger partial charge in [0.2, 0.25) is 0 Å². The highest BCUT2D eigenvalue weighted by Crippen LogP contribution is 2.31. The molecule has 0 aliphatic carbocycles. The van der Waals surface area contributed by atoms with E-state index in [0.29, 0.717) is 24.2 Å². The van der Waals surface area contributed by atoms with E-state index in [1.165, 1.54) is 0 Å². The van der Waals surface area contributed by atoms with Gasteiger partial charge in [0.05, 0.1) is 6.61 Å².